The molecule has 100 valence electrons. The van der Waals surface area contributed by atoms with Crippen LogP contribution in [0.15, 0.2) is 6.33 Å². The molecule has 0 saturated heterocycles. The van der Waals surface area contributed by atoms with E-state index in [1.54, 1.807) is 7.11 Å². The van der Waals surface area contributed by atoms with E-state index < -0.39 is 0 Å². The number of halogens is 1. The van der Waals surface area contributed by atoms with Crippen LogP contribution in [0.3, 0.4) is 0 Å². The van der Waals surface area contributed by atoms with E-state index in [-0.39, 0.29) is 6.10 Å². The lowest BCUT2D eigenvalue weighted by molar-refractivity contribution is 0.111. The third-order valence-electron chi connectivity index (χ3n) is 3.34. The van der Waals surface area contributed by atoms with Gasteiger partial charge in [-0.3, -0.25) is 0 Å². The zero-order valence-electron chi connectivity index (χ0n) is 10.4. The first-order valence-corrected chi connectivity index (χ1v) is 6.55. The van der Waals surface area contributed by atoms with Crippen LogP contribution in [0.1, 0.15) is 25.7 Å². The van der Waals surface area contributed by atoms with E-state index in [0.29, 0.717) is 22.6 Å². The summed E-state index contributed by atoms with van der Waals surface area (Å²) in [4.78, 5) is 8.00. The van der Waals surface area contributed by atoms with Crippen LogP contribution in [0.4, 0.5) is 5.82 Å². The van der Waals surface area contributed by atoms with Crippen LogP contribution in [0.5, 0.6) is 5.75 Å². The Balaban J connectivity index is 1.92. The molecule has 0 amide bonds. The van der Waals surface area contributed by atoms with E-state index in [1.165, 1.54) is 6.33 Å². The highest BCUT2D eigenvalue weighted by atomic mass is 35.5. The fraction of sp³-hybridized carbons (Fsp3) is 0.667. The maximum Gasteiger partial charge on any atom is 0.198 e. The number of aliphatic hydroxyl groups is 1. The van der Waals surface area contributed by atoms with Gasteiger partial charge in [0.2, 0.25) is 0 Å². The Kier molecular flexibility index (Phi) is 4.60. The van der Waals surface area contributed by atoms with E-state index in [2.05, 4.69) is 15.3 Å². The second-order valence-electron chi connectivity index (χ2n) is 4.60. The molecule has 1 aliphatic rings. The zero-order chi connectivity index (χ0) is 13.0. The normalized spacial score (nSPS) is 23.7. The summed E-state index contributed by atoms with van der Waals surface area (Å²) < 4.78 is 5.17. The van der Waals surface area contributed by atoms with Gasteiger partial charge in [-0.2, -0.15) is 0 Å². The molecule has 5 nitrogen and oxygen atoms in total. The van der Waals surface area contributed by atoms with Crippen LogP contribution < -0.4 is 10.1 Å². The van der Waals surface area contributed by atoms with Crippen molar-refractivity contribution in [3.05, 3.63) is 11.5 Å². The monoisotopic (exact) mass is 271 g/mol. The Morgan fingerprint density at radius 2 is 2.11 bits per heavy atom. The number of hydrogen-bond donors (Lipinski definition) is 2. The average molecular weight is 272 g/mol. The predicted octanol–water partition coefficient (Wildman–Crippen LogP) is 2.10. The number of nitrogens with zero attached hydrogens (tertiary/aromatic N) is 2. The molecule has 0 spiro atoms. The second kappa shape index (κ2) is 6.20. The summed E-state index contributed by atoms with van der Waals surface area (Å²) in [6.45, 7) is 0.816. The minimum absolute atomic E-state index is 0.121. The number of aromatic nitrogens is 2. The van der Waals surface area contributed by atoms with Crippen molar-refractivity contribution < 1.29 is 9.84 Å². The van der Waals surface area contributed by atoms with Crippen molar-refractivity contribution >= 4 is 17.4 Å². The van der Waals surface area contributed by atoms with Gasteiger partial charge in [-0.25, -0.2) is 9.97 Å². The molecule has 1 saturated carbocycles. The van der Waals surface area contributed by atoms with Crippen molar-refractivity contribution in [1.82, 2.24) is 9.97 Å². The highest BCUT2D eigenvalue weighted by molar-refractivity contribution is 6.31. The van der Waals surface area contributed by atoms with E-state index in [1.807, 2.05) is 0 Å². The Morgan fingerprint density at radius 1 is 1.39 bits per heavy atom. The van der Waals surface area contributed by atoms with Crippen molar-refractivity contribution in [3.63, 3.8) is 0 Å². The Labute approximate surface area is 112 Å². The fourth-order valence-corrected chi connectivity index (χ4v) is 2.46. The molecule has 0 bridgehead atoms. The largest absolute Gasteiger partial charge is 0.490 e. The molecule has 0 unspecified atom stereocenters. The lowest BCUT2D eigenvalue weighted by Gasteiger charge is -2.25. The molecular weight excluding hydrogens is 254 g/mol. The average Bonchev–Trinajstić information content (AvgIpc) is 2.38. The lowest BCUT2D eigenvalue weighted by atomic mass is 9.87. The van der Waals surface area contributed by atoms with Gasteiger partial charge in [-0.05, 0) is 31.6 Å². The molecule has 2 N–H and O–H groups in total. The van der Waals surface area contributed by atoms with E-state index in [0.717, 1.165) is 32.2 Å². The number of nitrogens with one attached hydrogen (secondary N) is 1. The highest BCUT2D eigenvalue weighted by Crippen LogP contribution is 2.30. The van der Waals surface area contributed by atoms with Crippen LogP contribution >= 0.6 is 11.6 Å². The van der Waals surface area contributed by atoms with E-state index in [4.69, 9.17) is 16.3 Å². The van der Waals surface area contributed by atoms with E-state index in [9.17, 15) is 5.11 Å². The molecule has 1 aromatic rings. The molecule has 2 rings (SSSR count). The summed E-state index contributed by atoms with van der Waals surface area (Å²) >= 11 is 5.92. The molecular formula is C12H18ClN3O2. The summed E-state index contributed by atoms with van der Waals surface area (Å²) in [6.07, 6.45) is 5.13. The van der Waals surface area contributed by atoms with E-state index >= 15 is 0 Å². The van der Waals surface area contributed by atoms with Crippen LogP contribution in [0.2, 0.25) is 5.15 Å². The second-order valence-corrected chi connectivity index (χ2v) is 4.96. The van der Waals surface area contributed by atoms with Crippen molar-refractivity contribution in [2.75, 3.05) is 19.0 Å². The molecule has 0 aromatic carbocycles. The Morgan fingerprint density at radius 3 is 2.78 bits per heavy atom. The summed E-state index contributed by atoms with van der Waals surface area (Å²) in [5.74, 6) is 1.67. The SMILES string of the molecule is COc1c(Cl)ncnc1NCC1CCC(O)CC1. The summed E-state index contributed by atoms with van der Waals surface area (Å²) in [7, 11) is 1.55. The number of anilines is 1. The topological polar surface area (TPSA) is 67.3 Å². The third kappa shape index (κ3) is 3.23. The quantitative estimate of drug-likeness (QED) is 0.821. The van der Waals surface area contributed by atoms with Crippen LogP contribution in [-0.4, -0.2) is 34.8 Å². The predicted molar refractivity (Wildman–Crippen MR) is 70.0 cm³/mol. The number of hydrogen-bond acceptors (Lipinski definition) is 5. The van der Waals surface area contributed by atoms with Crippen molar-refractivity contribution in [2.45, 2.75) is 31.8 Å². The standard InChI is InChI=1S/C12H18ClN3O2/c1-18-10-11(13)15-7-16-12(10)14-6-8-2-4-9(17)5-3-8/h7-9,17H,2-6H2,1H3,(H,14,15,16). The number of aliphatic hydroxyl groups excluding tert-OH is 1. The molecule has 18 heavy (non-hydrogen) atoms. The minimum Gasteiger partial charge on any atom is -0.490 e. The Hall–Kier alpha value is -1.07. The van der Waals surface area contributed by atoms with Gasteiger partial charge >= 0.3 is 0 Å². The Bertz CT molecular complexity index is 395. The molecule has 6 heteroatoms. The van der Waals surface area contributed by atoms with Gasteiger partial charge in [0.1, 0.15) is 6.33 Å². The first kappa shape index (κ1) is 13.4. The van der Waals surface area contributed by atoms with Gasteiger partial charge < -0.3 is 15.2 Å². The molecule has 0 radical (unpaired) electrons. The van der Waals surface area contributed by atoms with Crippen molar-refractivity contribution in [1.29, 1.82) is 0 Å². The summed E-state index contributed by atoms with van der Waals surface area (Å²) in [5, 5.41) is 13.0. The van der Waals surface area contributed by atoms with Crippen molar-refractivity contribution in [3.8, 4) is 5.75 Å². The van der Waals surface area contributed by atoms with Crippen LogP contribution in [-0.2, 0) is 0 Å². The number of methoxy groups -OCH3 is 1. The molecule has 0 aliphatic heterocycles. The maximum absolute atomic E-state index is 9.45. The molecule has 0 atom stereocenters. The molecule has 1 aliphatic carbocycles. The molecule has 1 heterocycles. The number of rotatable bonds is 4. The van der Waals surface area contributed by atoms with Gasteiger partial charge in [-0.1, -0.05) is 11.6 Å². The summed E-state index contributed by atoms with van der Waals surface area (Å²) in [6, 6.07) is 0. The van der Waals surface area contributed by atoms with Gasteiger partial charge in [0.15, 0.2) is 16.7 Å². The first-order chi connectivity index (χ1) is 8.70. The smallest absolute Gasteiger partial charge is 0.198 e. The maximum atomic E-state index is 9.45. The molecule has 1 fully saturated rings. The first-order valence-electron chi connectivity index (χ1n) is 6.17. The van der Waals surface area contributed by atoms with Crippen molar-refractivity contribution in [2.24, 2.45) is 5.92 Å². The third-order valence-corrected chi connectivity index (χ3v) is 3.61. The lowest BCUT2D eigenvalue weighted by Crippen LogP contribution is -2.24. The highest BCUT2D eigenvalue weighted by Gasteiger charge is 2.20. The van der Waals surface area contributed by atoms with Crippen LogP contribution in [0.25, 0.3) is 0 Å². The molecule has 1 aromatic heterocycles. The van der Waals surface area contributed by atoms with Gasteiger partial charge in [0.25, 0.3) is 0 Å². The minimum atomic E-state index is -0.121. The van der Waals surface area contributed by atoms with Crippen LogP contribution in [0, 0.1) is 5.92 Å². The summed E-state index contributed by atoms with van der Waals surface area (Å²) in [5.41, 5.74) is 0. The number of ether oxygens (including phenoxy) is 1. The fourth-order valence-electron chi connectivity index (χ4n) is 2.25. The van der Waals surface area contributed by atoms with Gasteiger partial charge in [-0.15, -0.1) is 0 Å². The van der Waals surface area contributed by atoms with Gasteiger partial charge in [0, 0.05) is 6.54 Å². The zero-order valence-corrected chi connectivity index (χ0v) is 11.2. The van der Waals surface area contributed by atoms with Gasteiger partial charge in [0.05, 0.1) is 13.2 Å².